The van der Waals surface area contributed by atoms with Gasteiger partial charge in [-0.05, 0) is 32.4 Å². The molecule has 6 heteroatoms. The van der Waals surface area contributed by atoms with Crippen LogP contribution in [0.1, 0.15) is 26.3 Å². The van der Waals surface area contributed by atoms with E-state index in [1.54, 1.807) is 27.0 Å². The maximum Gasteiger partial charge on any atom is 0.321 e. The summed E-state index contributed by atoms with van der Waals surface area (Å²) in [4.78, 5) is 26.3. The molecule has 1 aromatic heterocycles. The molecule has 0 aliphatic rings. The van der Waals surface area contributed by atoms with E-state index in [-0.39, 0.29) is 13.0 Å². The first kappa shape index (κ1) is 17.0. The van der Waals surface area contributed by atoms with E-state index in [0.29, 0.717) is 0 Å². The van der Waals surface area contributed by atoms with E-state index in [1.165, 1.54) is 0 Å². The normalized spacial score (nSPS) is 13.0. The number of carbonyl (C=O) groups is 2. The predicted octanol–water partition coefficient (Wildman–Crippen LogP) is 2.09. The van der Waals surface area contributed by atoms with E-state index >= 15 is 0 Å². The van der Waals surface area contributed by atoms with Crippen molar-refractivity contribution in [3.63, 3.8) is 0 Å². The third kappa shape index (κ3) is 4.82. The van der Waals surface area contributed by atoms with Gasteiger partial charge in [0, 0.05) is 23.5 Å². The molecule has 6 nitrogen and oxygen atoms in total. The fourth-order valence-corrected chi connectivity index (χ4v) is 2.35. The molecule has 23 heavy (non-hydrogen) atoms. The summed E-state index contributed by atoms with van der Waals surface area (Å²) in [5.74, 6) is -1.47. The second-order valence-electron chi connectivity index (χ2n) is 6.42. The van der Waals surface area contributed by atoms with Crippen LogP contribution in [0.5, 0.6) is 0 Å². The van der Waals surface area contributed by atoms with Crippen LogP contribution >= 0.6 is 0 Å². The average Bonchev–Trinajstić information content (AvgIpc) is 2.84. The smallest absolute Gasteiger partial charge is 0.321 e. The Labute approximate surface area is 134 Å². The lowest BCUT2D eigenvalue weighted by atomic mass is 10.1. The lowest BCUT2D eigenvalue weighted by Crippen LogP contribution is -2.42. The van der Waals surface area contributed by atoms with Crippen molar-refractivity contribution < 1.29 is 19.4 Å². The van der Waals surface area contributed by atoms with Gasteiger partial charge < -0.3 is 14.8 Å². The zero-order valence-corrected chi connectivity index (χ0v) is 13.6. The van der Waals surface area contributed by atoms with E-state index in [0.717, 1.165) is 16.5 Å². The molecule has 0 unspecified atom stereocenters. The minimum absolute atomic E-state index is 0.142. The average molecular weight is 318 g/mol. The standard InChI is InChI=1S/C17H22N2O4/c1-17(2,3)23-15(20)10-19-14(16(21)22)8-11-9-18-13-7-5-4-6-12(11)13/h4-7,9,14,18-19H,8,10H2,1-3H3,(H,21,22)/t14-/m1/s1. The molecule has 1 aromatic carbocycles. The van der Waals surface area contributed by atoms with Crippen LogP contribution in [0.25, 0.3) is 10.9 Å². The van der Waals surface area contributed by atoms with Crippen molar-refractivity contribution in [2.24, 2.45) is 0 Å². The summed E-state index contributed by atoms with van der Waals surface area (Å²) >= 11 is 0. The molecule has 0 saturated carbocycles. The zero-order chi connectivity index (χ0) is 17.0. The van der Waals surface area contributed by atoms with Crippen LogP contribution in [0.15, 0.2) is 30.5 Å². The quantitative estimate of drug-likeness (QED) is 0.709. The number of hydrogen-bond acceptors (Lipinski definition) is 4. The summed E-state index contributed by atoms with van der Waals surface area (Å²) < 4.78 is 5.17. The number of nitrogens with one attached hydrogen (secondary N) is 2. The number of esters is 1. The highest BCUT2D eigenvalue weighted by Crippen LogP contribution is 2.19. The lowest BCUT2D eigenvalue weighted by molar-refractivity contribution is -0.154. The summed E-state index contributed by atoms with van der Waals surface area (Å²) in [7, 11) is 0. The first-order chi connectivity index (χ1) is 10.8. The van der Waals surface area contributed by atoms with Gasteiger partial charge in [-0.15, -0.1) is 0 Å². The molecule has 0 saturated heterocycles. The molecule has 2 rings (SSSR count). The number of aromatic nitrogens is 1. The lowest BCUT2D eigenvalue weighted by Gasteiger charge is -2.20. The van der Waals surface area contributed by atoms with Crippen molar-refractivity contribution in [1.29, 1.82) is 0 Å². The Morgan fingerprint density at radius 3 is 2.65 bits per heavy atom. The summed E-state index contributed by atoms with van der Waals surface area (Å²) in [6.45, 7) is 5.17. The minimum Gasteiger partial charge on any atom is -0.480 e. The summed E-state index contributed by atoms with van der Waals surface area (Å²) in [6, 6.07) is 6.83. The monoisotopic (exact) mass is 318 g/mol. The molecule has 0 amide bonds. The van der Waals surface area contributed by atoms with Crippen molar-refractivity contribution in [2.75, 3.05) is 6.54 Å². The highest BCUT2D eigenvalue weighted by molar-refractivity contribution is 5.84. The van der Waals surface area contributed by atoms with Gasteiger partial charge in [-0.2, -0.15) is 0 Å². The second kappa shape index (κ2) is 6.83. The Balaban J connectivity index is 2.02. The maximum absolute atomic E-state index is 11.7. The highest BCUT2D eigenvalue weighted by Gasteiger charge is 2.22. The molecule has 3 N–H and O–H groups in total. The van der Waals surface area contributed by atoms with Crippen molar-refractivity contribution in [1.82, 2.24) is 10.3 Å². The Morgan fingerprint density at radius 2 is 2.00 bits per heavy atom. The van der Waals surface area contributed by atoms with Crippen LogP contribution in [-0.4, -0.2) is 40.2 Å². The molecular weight excluding hydrogens is 296 g/mol. The van der Waals surface area contributed by atoms with Crippen LogP contribution in [0.4, 0.5) is 0 Å². The van der Waals surface area contributed by atoms with Gasteiger partial charge in [0.15, 0.2) is 0 Å². The topological polar surface area (TPSA) is 91.4 Å². The van der Waals surface area contributed by atoms with Crippen molar-refractivity contribution in [2.45, 2.75) is 38.8 Å². The number of benzene rings is 1. The summed E-state index contributed by atoms with van der Waals surface area (Å²) in [6.07, 6.45) is 2.08. The third-order valence-corrected chi connectivity index (χ3v) is 3.31. The van der Waals surface area contributed by atoms with Crippen molar-refractivity contribution >= 4 is 22.8 Å². The molecular formula is C17H22N2O4. The van der Waals surface area contributed by atoms with E-state index in [4.69, 9.17) is 4.74 Å². The first-order valence-electron chi connectivity index (χ1n) is 7.49. The van der Waals surface area contributed by atoms with Crippen LogP contribution in [0.2, 0.25) is 0 Å². The molecule has 0 aliphatic heterocycles. The van der Waals surface area contributed by atoms with Crippen LogP contribution in [0.3, 0.4) is 0 Å². The number of hydrogen-bond donors (Lipinski definition) is 3. The number of fused-ring (bicyclic) bond motifs is 1. The fraction of sp³-hybridized carbons (Fsp3) is 0.412. The molecule has 0 spiro atoms. The number of rotatable bonds is 6. The minimum atomic E-state index is -1.00. The van der Waals surface area contributed by atoms with E-state index in [9.17, 15) is 14.7 Å². The van der Waals surface area contributed by atoms with Gasteiger partial charge in [0.25, 0.3) is 0 Å². The second-order valence-corrected chi connectivity index (χ2v) is 6.42. The third-order valence-electron chi connectivity index (χ3n) is 3.31. The summed E-state index contributed by atoms with van der Waals surface area (Å²) in [5.41, 5.74) is 1.26. The maximum atomic E-state index is 11.7. The Hall–Kier alpha value is -2.34. The van der Waals surface area contributed by atoms with Gasteiger partial charge in [0.1, 0.15) is 11.6 Å². The molecule has 0 bridgehead atoms. The number of aromatic amines is 1. The molecule has 0 radical (unpaired) electrons. The van der Waals surface area contributed by atoms with Crippen LogP contribution < -0.4 is 5.32 Å². The van der Waals surface area contributed by atoms with Crippen LogP contribution in [-0.2, 0) is 20.7 Å². The molecule has 1 atom stereocenters. The predicted molar refractivity (Wildman–Crippen MR) is 87.3 cm³/mol. The Bertz CT molecular complexity index is 700. The van der Waals surface area contributed by atoms with Crippen molar-refractivity contribution in [3.05, 3.63) is 36.0 Å². The zero-order valence-electron chi connectivity index (χ0n) is 13.6. The number of carboxylic acid groups (broad SMARTS) is 1. The van der Waals surface area contributed by atoms with Gasteiger partial charge in [-0.1, -0.05) is 18.2 Å². The fourth-order valence-electron chi connectivity index (χ4n) is 2.35. The van der Waals surface area contributed by atoms with Gasteiger partial charge >= 0.3 is 11.9 Å². The molecule has 124 valence electrons. The van der Waals surface area contributed by atoms with Crippen molar-refractivity contribution in [3.8, 4) is 0 Å². The number of carbonyl (C=O) groups excluding carboxylic acids is 1. The van der Waals surface area contributed by atoms with Crippen LogP contribution in [0, 0.1) is 0 Å². The van der Waals surface area contributed by atoms with E-state index in [2.05, 4.69) is 10.3 Å². The number of ether oxygens (including phenoxy) is 1. The number of H-pyrrole nitrogens is 1. The molecule has 1 heterocycles. The SMILES string of the molecule is CC(C)(C)OC(=O)CN[C@H](Cc1c[nH]c2ccccc12)C(=O)O. The van der Waals surface area contributed by atoms with Gasteiger partial charge in [-0.25, -0.2) is 0 Å². The number of aliphatic carboxylic acids is 1. The largest absolute Gasteiger partial charge is 0.480 e. The van der Waals surface area contributed by atoms with Gasteiger partial charge in [0.05, 0.1) is 6.54 Å². The first-order valence-corrected chi connectivity index (χ1v) is 7.49. The molecule has 0 fully saturated rings. The van der Waals surface area contributed by atoms with E-state index < -0.39 is 23.6 Å². The Morgan fingerprint density at radius 1 is 1.30 bits per heavy atom. The van der Waals surface area contributed by atoms with Gasteiger partial charge in [-0.3, -0.25) is 14.9 Å². The Kier molecular flexibility index (Phi) is 5.05. The summed E-state index contributed by atoms with van der Waals surface area (Å²) in [5, 5.41) is 13.1. The van der Waals surface area contributed by atoms with E-state index in [1.807, 2.05) is 24.3 Å². The molecule has 0 aliphatic carbocycles. The molecule has 2 aromatic rings. The van der Waals surface area contributed by atoms with Gasteiger partial charge in [0.2, 0.25) is 0 Å². The number of carboxylic acids is 1. The number of para-hydroxylation sites is 1. The highest BCUT2D eigenvalue weighted by atomic mass is 16.6.